The first-order chi connectivity index (χ1) is 12.9. The molecule has 0 aliphatic heterocycles. The lowest BCUT2D eigenvalue weighted by Gasteiger charge is -2.14. The molecule has 27 heavy (non-hydrogen) atoms. The number of guanidine groups is 1. The Hall–Kier alpha value is -1.89. The third-order valence-electron chi connectivity index (χ3n) is 4.59. The van der Waals surface area contributed by atoms with Crippen molar-refractivity contribution >= 4 is 17.3 Å². The van der Waals surface area contributed by atoms with E-state index in [-0.39, 0.29) is 5.41 Å². The molecule has 0 aliphatic carbocycles. The van der Waals surface area contributed by atoms with Crippen LogP contribution in [-0.4, -0.2) is 29.7 Å². The first kappa shape index (κ1) is 21.4. The first-order valence-corrected chi connectivity index (χ1v) is 10.6. The Morgan fingerprint density at radius 2 is 2.00 bits per heavy atom. The normalized spacial score (nSPS) is 12.6. The van der Waals surface area contributed by atoms with Crippen LogP contribution in [0.2, 0.25) is 0 Å². The third-order valence-corrected chi connectivity index (χ3v) is 5.49. The number of rotatable bonds is 8. The molecule has 0 spiro atoms. The minimum atomic E-state index is 0.101. The molecule has 2 N–H and O–H groups in total. The highest BCUT2D eigenvalue weighted by Gasteiger charge is 2.17. The Bertz CT molecular complexity index is 725. The zero-order chi connectivity index (χ0) is 19.9. The van der Waals surface area contributed by atoms with Crippen molar-refractivity contribution in [2.45, 2.75) is 71.8 Å². The molecule has 0 unspecified atom stereocenters. The fourth-order valence-corrected chi connectivity index (χ4v) is 3.79. The highest BCUT2D eigenvalue weighted by atomic mass is 32.1. The van der Waals surface area contributed by atoms with Gasteiger partial charge in [0.2, 0.25) is 0 Å². The molecule has 0 fully saturated rings. The van der Waals surface area contributed by atoms with E-state index in [9.17, 15) is 0 Å². The number of hydrogen-bond donors (Lipinski definition) is 2. The quantitative estimate of drug-likeness (QED) is 0.520. The molecular weight excluding hydrogens is 358 g/mol. The average Bonchev–Trinajstić information content (AvgIpc) is 3.28. The molecule has 0 saturated carbocycles. The summed E-state index contributed by atoms with van der Waals surface area (Å²) in [4.78, 5) is 9.00. The molecule has 0 bridgehead atoms. The second-order valence-electron chi connectivity index (χ2n) is 7.71. The molecule has 7 heteroatoms. The van der Waals surface area contributed by atoms with E-state index in [2.05, 4.69) is 60.8 Å². The van der Waals surface area contributed by atoms with Crippen LogP contribution >= 0.6 is 11.3 Å². The minimum absolute atomic E-state index is 0.101. The fraction of sp³-hybridized carbons (Fsp3) is 0.650. The number of thiazole rings is 1. The standard InChI is InChI=1S/C20H33N5OS/c1-7-14(8-2)16-11-15(26-25-16)12-23-19(21-6)22-10-9-18-24-17(13-27-18)20(3,4)5/h11,13-14H,7-10,12H2,1-6H3,(H2,21,22,23). The van der Waals surface area contributed by atoms with E-state index >= 15 is 0 Å². The van der Waals surface area contributed by atoms with Gasteiger partial charge in [0.15, 0.2) is 11.7 Å². The van der Waals surface area contributed by atoms with Gasteiger partial charge in [0.1, 0.15) is 0 Å². The van der Waals surface area contributed by atoms with Gasteiger partial charge in [-0.1, -0.05) is 39.8 Å². The summed E-state index contributed by atoms with van der Waals surface area (Å²) in [7, 11) is 1.77. The minimum Gasteiger partial charge on any atom is -0.359 e. The first-order valence-electron chi connectivity index (χ1n) is 9.72. The van der Waals surface area contributed by atoms with Crippen LogP contribution in [0.25, 0.3) is 0 Å². The van der Waals surface area contributed by atoms with Crippen LogP contribution in [-0.2, 0) is 18.4 Å². The summed E-state index contributed by atoms with van der Waals surface area (Å²) in [6.07, 6.45) is 3.03. The largest absolute Gasteiger partial charge is 0.359 e. The van der Waals surface area contributed by atoms with Gasteiger partial charge in [-0.05, 0) is 12.8 Å². The Labute approximate surface area is 166 Å². The van der Waals surface area contributed by atoms with Crippen molar-refractivity contribution in [3.8, 4) is 0 Å². The summed E-state index contributed by atoms with van der Waals surface area (Å²) in [6, 6.07) is 2.04. The predicted molar refractivity (Wildman–Crippen MR) is 113 cm³/mol. The molecule has 2 rings (SSSR count). The van der Waals surface area contributed by atoms with E-state index in [1.807, 2.05) is 6.07 Å². The van der Waals surface area contributed by atoms with Crippen LogP contribution in [0.4, 0.5) is 0 Å². The van der Waals surface area contributed by atoms with Crippen molar-refractivity contribution in [1.29, 1.82) is 0 Å². The van der Waals surface area contributed by atoms with Gasteiger partial charge in [0.05, 0.1) is 22.9 Å². The number of nitrogens with one attached hydrogen (secondary N) is 2. The van der Waals surface area contributed by atoms with Crippen molar-refractivity contribution in [3.05, 3.63) is 33.6 Å². The fourth-order valence-electron chi connectivity index (χ4n) is 2.76. The molecule has 2 aromatic rings. The Balaban J connectivity index is 1.78. The van der Waals surface area contributed by atoms with Gasteiger partial charge in [-0.2, -0.15) is 0 Å². The SMILES string of the molecule is CCC(CC)c1cc(CNC(=NC)NCCc2nc(C(C)(C)C)cs2)on1. The Morgan fingerprint density at radius 3 is 2.59 bits per heavy atom. The number of aliphatic imine (C=N–C) groups is 1. The molecule has 0 amide bonds. The number of hydrogen-bond acceptors (Lipinski definition) is 5. The van der Waals surface area contributed by atoms with Gasteiger partial charge >= 0.3 is 0 Å². The van der Waals surface area contributed by atoms with Crippen LogP contribution < -0.4 is 10.6 Å². The molecule has 0 atom stereocenters. The molecule has 2 heterocycles. The summed E-state index contributed by atoms with van der Waals surface area (Å²) in [5.41, 5.74) is 2.30. The zero-order valence-corrected chi connectivity index (χ0v) is 18.2. The van der Waals surface area contributed by atoms with Crippen molar-refractivity contribution in [2.75, 3.05) is 13.6 Å². The summed E-state index contributed by atoms with van der Waals surface area (Å²) in [6.45, 7) is 12.3. The predicted octanol–water partition coefficient (Wildman–Crippen LogP) is 4.24. The summed E-state index contributed by atoms with van der Waals surface area (Å²) >= 11 is 1.72. The molecule has 0 aromatic carbocycles. The molecule has 0 saturated heterocycles. The zero-order valence-electron chi connectivity index (χ0n) is 17.4. The lowest BCUT2D eigenvalue weighted by molar-refractivity contribution is 0.368. The molecule has 6 nitrogen and oxygen atoms in total. The van der Waals surface area contributed by atoms with Crippen molar-refractivity contribution in [1.82, 2.24) is 20.8 Å². The Morgan fingerprint density at radius 1 is 1.26 bits per heavy atom. The van der Waals surface area contributed by atoms with E-state index in [1.165, 1.54) is 0 Å². The topological polar surface area (TPSA) is 75.3 Å². The van der Waals surface area contributed by atoms with E-state index in [1.54, 1.807) is 18.4 Å². The Kier molecular flexibility index (Phi) is 7.83. The van der Waals surface area contributed by atoms with Crippen molar-refractivity contribution in [3.63, 3.8) is 0 Å². The monoisotopic (exact) mass is 391 g/mol. The summed E-state index contributed by atoms with van der Waals surface area (Å²) in [5.74, 6) is 2.05. The highest BCUT2D eigenvalue weighted by Crippen LogP contribution is 2.24. The van der Waals surface area contributed by atoms with Crippen LogP contribution in [0.3, 0.4) is 0 Å². The average molecular weight is 392 g/mol. The lowest BCUT2D eigenvalue weighted by Crippen LogP contribution is -2.37. The van der Waals surface area contributed by atoms with Gasteiger partial charge < -0.3 is 15.2 Å². The van der Waals surface area contributed by atoms with Crippen LogP contribution in [0.1, 0.15) is 75.5 Å². The summed E-state index contributed by atoms with van der Waals surface area (Å²) in [5, 5.41) is 14.1. The molecule has 0 radical (unpaired) electrons. The van der Waals surface area contributed by atoms with Gasteiger partial charge in [-0.25, -0.2) is 4.98 Å². The van der Waals surface area contributed by atoms with E-state index < -0.39 is 0 Å². The van der Waals surface area contributed by atoms with Gasteiger partial charge in [0, 0.05) is 42.8 Å². The smallest absolute Gasteiger partial charge is 0.191 e. The highest BCUT2D eigenvalue weighted by molar-refractivity contribution is 7.09. The molecule has 150 valence electrons. The van der Waals surface area contributed by atoms with Crippen molar-refractivity contribution < 1.29 is 4.52 Å². The summed E-state index contributed by atoms with van der Waals surface area (Å²) < 4.78 is 5.45. The lowest BCUT2D eigenvalue weighted by atomic mass is 9.93. The second kappa shape index (κ2) is 9.88. The van der Waals surface area contributed by atoms with Crippen LogP contribution in [0.15, 0.2) is 21.0 Å². The molecule has 0 aliphatic rings. The van der Waals surface area contributed by atoms with Crippen LogP contribution in [0, 0.1) is 0 Å². The van der Waals surface area contributed by atoms with E-state index in [0.717, 1.165) is 53.9 Å². The van der Waals surface area contributed by atoms with Gasteiger partial charge in [0.25, 0.3) is 0 Å². The molecule has 2 aromatic heterocycles. The van der Waals surface area contributed by atoms with Crippen molar-refractivity contribution in [2.24, 2.45) is 4.99 Å². The maximum absolute atomic E-state index is 5.45. The molecular formula is C20H33N5OS. The van der Waals surface area contributed by atoms with Gasteiger partial charge in [-0.15, -0.1) is 11.3 Å². The van der Waals surface area contributed by atoms with E-state index in [4.69, 9.17) is 9.51 Å². The van der Waals surface area contributed by atoms with Gasteiger partial charge in [-0.3, -0.25) is 4.99 Å². The third kappa shape index (κ3) is 6.34. The second-order valence-corrected chi connectivity index (χ2v) is 8.65. The number of aromatic nitrogens is 2. The number of nitrogens with zero attached hydrogens (tertiary/aromatic N) is 3. The maximum atomic E-state index is 5.45. The maximum Gasteiger partial charge on any atom is 0.191 e. The van der Waals surface area contributed by atoms with Crippen LogP contribution in [0.5, 0.6) is 0 Å². The van der Waals surface area contributed by atoms with E-state index in [0.29, 0.717) is 12.5 Å².